The first-order valence-electron chi connectivity index (χ1n) is 6.16. The molecule has 1 N–H and O–H groups in total. The van der Waals surface area contributed by atoms with Gasteiger partial charge in [0.25, 0.3) is 5.69 Å². The summed E-state index contributed by atoms with van der Waals surface area (Å²) in [6.07, 6.45) is 0.969. The zero-order chi connectivity index (χ0) is 14.0. The molecule has 1 saturated heterocycles. The molecule has 4 nitrogen and oxygen atoms in total. The van der Waals surface area contributed by atoms with Gasteiger partial charge < -0.3 is 5.32 Å². The predicted octanol–water partition coefficient (Wildman–Crippen LogP) is 3.68. The molecule has 0 aliphatic carbocycles. The first-order chi connectivity index (χ1) is 8.87. The molecule has 0 saturated carbocycles. The number of nitro benzene ring substituents is 1. The molecule has 1 unspecified atom stereocenters. The van der Waals surface area contributed by atoms with Crippen LogP contribution in [-0.2, 0) is 0 Å². The fourth-order valence-corrected chi connectivity index (χ4v) is 3.58. The number of benzene rings is 1. The molecular weight excluding hydrogens is 267 g/mol. The minimum Gasteiger partial charge on any atom is -0.379 e. The molecule has 0 radical (unpaired) electrons. The van der Waals surface area contributed by atoms with E-state index < -0.39 is 10.7 Å². The Morgan fingerprint density at radius 1 is 1.53 bits per heavy atom. The first-order valence-corrected chi connectivity index (χ1v) is 7.31. The third-order valence-corrected chi connectivity index (χ3v) is 4.76. The van der Waals surface area contributed by atoms with Gasteiger partial charge in [-0.15, -0.1) is 0 Å². The minimum atomic E-state index is -0.591. The van der Waals surface area contributed by atoms with Crippen LogP contribution in [0, 0.1) is 21.3 Å². The van der Waals surface area contributed by atoms with Crippen LogP contribution < -0.4 is 5.32 Å². The monoisotopic (exact) mass is 284 g/mol. The van der Waals surface area contributed by atoms with Crippen LogP contribution in [-0.4, -0.2) is 22.5 Å². The molecule has 1 aliphatic rings. The van der Waals surface area contributed by atoms with E-state index in [9.17, 15) is 14.5 Å². The molecule has 19 heavy (non-hydrogen) atoms. The number of anilines is 1. The third kappa shape index (κ3) is 3.59. The van der Waals surface area contributed by atoms with Gasteiger partial charge in [-0.3, -0.25) is 10.1 Å². The molecule has 104 valence electrons. The average molecular weight is 284 g/mol. The van der Waals surface area contributed by atoms with Gasteiger partial charge in [-0.2, -0.15) is 11.8 Å². The minimum absolute atomic E-state index is 0.199. The molecule has 1 aliphatic heterocycles. The summed E-state index contributed by atoms with van der Waals surface area (Å²) in [6, 6.07) is 3.93. The summed E-state index contributed by atoms with van der Waals surface area (Å²) in [6.45, 7) is 4.39. The number of nitro groups is 1. The summed E-state index contributed by atoms with van der Waals surface area (Å²) < 4.78 is 13.8. The van der Waals surface area contributed by atoms with Crippen LogP contribution in [0.4, 0.5) is 15.8 Å². The Morgan fingerprint density at radius 3 is 2.84 bits per heavy atom. The van der Waals surface area contributed by atoms with Crippen LogP contribution in [0.2, 0.25) is 0 Å². The molecule has 2 rings (SSSR count). The van der Waals surface area contributed by atoms with Crippen LogP contribution in [0.3, 0.4) is 0 Å². The SMILES string of the molecule is CC1(C)CSCC(Nc2ccc([N+](=O)[O-])cc2F)C1. The van der Waals surface area contributed by atoms with Crippen LogP contribution in [0.25, 0.3) is 0 Å². The lowest BCUT2D eigenvalue weighted by Gasteiger charge is -2.35. The number of hydrogen-bond donors (Lipinski definition) is 1. The van der Waals surface area contributed by atoms with Gasteiger partial charge >= 0.3 is 0 Å². The Labute approximate surface area is 115 Å². The van der Waals surface area contributed by atoms with E-state index in [1.807, 2.05) is 11.8 Å². The van der Waals surface area contributed by atoms with Crippen LogP contribution >= 0.6 is 11.8 Å². The predicted molar refractivity (Wildman–Crippen MR) is 76.2 cm³/mol. The van der Waals surface area contributed by atoms with Crippen LogP contribution in [0.15, 0.2) is 18.2 Å². The Bertz CT molecular complexity index is 494. The van der Waals surface area contributed by atoms with Crippen molar-refractivity contribution in [1.29, 1.82) is 0 Å². The molecular formula is C13H17FN2O2S. The lowest BCUT2D eigenvalue weighted by atomic mass is 9.88. The summed E-state index contributed by atoms with van der Waals surface area (Å²) in [5.41, 5.74) is 0.355. The fraction of sp³-hybridized carbons (Fsp3) is 0.538. The highest BCUT2D eigenvalue weighted by Gasteiger charge is 2.28. The Morgan fingerprint density at radius 2 is 2.26 bits per heavy atom. The first kappa shape index (κ1) is 14.1. The Balaban J connectivity index is 2.09. The zero-order valence-corrected chi connectivity index (χ0v) is 11.8. The quantitative estimate of drug-likeness (QED) is 0.679. The smallest absolute Gasteiger partial charge is 0.272 e. The van der Waals surface area contributed by atoms with Gasteiger partial charge in [-0.25, -0.2) is 4.39 Å². The standard InChI is InChI=1S/C13H17FN2O2S/c1-13(2)6-9(7-19-8-13)15-12-4-3-10(16(17)18)5-11(12)14/h3-5,9,15H,6-8H2,1-2H3. The summed E-state index contributed by atoms with van der Waals surface area (Å²) in [5.74, 6) is 1.47. The number of nitrogens with zero attached hydrogens (tertiary/aromatic N) is 1. The normalized spacial score (nSPS) is 21.9. The van der Waals surface area contributed by atoms with E-state index in [0.29, 0.717) is 5.69 Å². The van der Waals surface area contributed by atoms with Gasteiger partial charge in [0.1, 0.15) is 0 Å². The summed E-state index contributed by atoms with van der Waals surface area (Å²) in [7, 11) is 0. The summed E-state index contributed by atoms with van der Waals surface area (Å²) >= 11 is 1.85. The van der Waals surface area contributed by atoms with Crippen molar-refractivity contribution < 1.29 is 9.31 Å². The molecule has 1 aromatic rings. The maximum atomic E-state index is 13.8. The maximum Gasteiger partial charge on any atom is 0.272 e. The van der Waals surface area contributed by atoms with Crippen molar-refractivity contribution in [2.24, 2.45) is 5.41 Å². The molecule has 6 heteroatoms. The second-order valence-electron chi connectivity index (χ2n) is 5.65. The van der Waals surface area contributed by atoms with Crippen molar-refractivity contribution in [3.8, 4) is 0 Å². The molecule has 0 aromatic heterocycles. The largest absolute Gasteiger partial charge is 0.379 e. The van der Waals surface area contributed by atoms with E-state index in [4.69, 9.17) is 0 Å². The maximum absolute atomic E-state index is 13.8. The van der Waals surface area contributed by atoms with Gasteiger partial charge in [0.15, 0.2) is 5.82 Å². The number of thioether (sulfide) groups is 1. The lowest BCUT2D eigenvalue weighted by Crippen LogP contribution is -2.35. The third-order valence-electron chi connectivity index (χ3n) is 3.13. The summed E-state index contributed by atoms with van der Waals surface area (Å²) in [4.78, 5) is 9.96. The second kappa shape index (κ2) is 5.36. The number of nitrogens with one attached hydrogen (secondary N) is 1. The number of halogens is 1. The van der Waals surface area contributed by atoms with Crippen molar-refractivity contribution in [1.82, 2.24) is 0 Å². The average Bonchev–Trinajstić information content (AvgIpc) is 2.30. The van der Waals surface area contributed by atoms with Crippen molar-refractivity contribution in [2.45, 2.75) is 26.3 Å². The van der Waals surface area contributed by atoms with E-state index >= 15 is 0 Å². The van der Waals surface area contributed by atoms with Gasteiger partial charge in [-0.05, 0) is 23.7 Å². The Kier molecular flexibility index (Phi) is 3.99. The highest BCUT2D eigenvalue weighted by atomic mass is 32.2. The number of non-ortho nitro benzene ring substituents is 1. The molecule has 0 spiro atoms. The van der Waals surface area contributed by atoms with E-state index in [0.717, 1.165) is 24.0 Å². The highest BCUT2D eigenvalue weighted by Crippen LogP contribution is 2.35. The van der Waals surface area contributed by atoms with Gasteiger partial charge in [0.05, 0.1) is 16.7 Å². The fourth-order valence-electron chi connectivity index (χ4n) is 2.31. The van der Waals surface area contributed by atoms with Gasteiger partial charge in [0, 0.05) is 17.9 Å². The number of hydrogen-bond acceptors (Lipinski definition) is 4. The van der Waals surface area contributed by atoms with Crippen molar-refractivity contribution in [3.63, 3.8) is 0 Å². The lowest BCUT2D eigenvalue weighted by molar-refractivity contribution is -0.385. The van der Waals surface area contributed by atoms with E-state index in [1.54, 1.807) is 0 Å². The molecule has 0 amide bonds. The van der Waals surface area contributed by atoms with Crippen LogP contribution in [0.1, 0.15) is 20.3 Å². The van der Waals surface area contributed by atoms with Gasteiger partial charge in [0.2, 0.25) is 0 Å². The van der Waals surface area contributed by atoms with Crippen molar-refractivity contribution in [3.05, 3.63) is 34.1 Å². The zero-order valence-electron chi connectivity index (χ0n) is 11.0. The van der Waals surface area contributed by atoms with Crippen molar-refractivity contribution in [2.75, 3.05) is 16.8 Å². The van der Waals surface area contributed by atoms with E-state index in [1.165, 1.54) is 12.1 Å². The Hall–Kier alpha value is -1.30. The molecule has 1 atom stereocenters. The number of rotatable bonds is 3. The van der Waals surface area contributed by atoms with E-state index in [2.05, 4.69) is 19.2 Å². The van der Waals surface area contributed by atoms with Gasteiger partial charge in [-0.1, -0.05) is 13.8 Å². The molecule has 1 fully saturated rings. The molecule has 1 aromatic carbocycles. The molecule has 1 heterocycles. The van der Waals surface area contributed by atoms with Crippen molar-refractivity contribution >= 4 is 23.1 Å². The molecule has 0 bridgehead atoms. The van der Waals surface area contributed by atoms with E-state index in [-0.39, 0.29) is 17.1 Å². The topological polar surface area (TPSA) is 55.2 Å². The second-order valence-corrected chi connectivity index (χ2v) is 6.68. The van der Waals surface area contributed by atoms with Crippen LogP contribution in [0.5, 0.6) is 0 Å². The highest BCUT2D eigenvalue weighted by molar-refractivity contribution is 7.99. The summed E-state index contributed by atoms with van der Waals surface area (Å²) in [5, 5.41) is 13.7.